The van der Waals surface area contributed by atoms with E-state index in [1.165, 1.54) is 30.0 Å². The molecule has 0 N–H and O–H groups in total. The monoisotopic (exact) mass is 611 g/mol. The third kappa shape index (κ3) is 12.0. The molecule has 0 aliphatic heterocycles. The van der Waals surface area contributed by atoms with E-state index in [1.807, 2.05) is 48.5 Å². The maximum absolute atomic E-state index is 14.2. The molecule has 0 aliphatic carbocycles. The van der Waals surface area contributed by atoms with Crippen molar-refractivity contribution in [2.45, 2.75) is 90.5 Å². The first-order valence-corrected chi connectivity index (χ1v) is 13.3. The van der Waals surface area contributed by atoms with Crippen LogP contribution in [0.5, 0.6) is 0 Å². The summed E-state index contributed by atoms with van der Waals surface area (Å²) in [6.45, 7) is 17.6. The quantitative estimate of drug-likeness (QED) is 0.170. The van der Waals surface area contributed by atoms with Crippen molar-refractivity contribution >= 4 is 30.4 Å². The first-order valence-electron chi connectivity index (χ1n) is 11.9. The maximum atomic E-state index is 14.2. The molecule has 1 atom stereocenters. The van der Waals surface area contributed by atoms with E-state index in [9.17, 15) is 13.6 Å². The molecular formula is C29H40F2O2S2Y-2. The summed E-state index contributed by atoms with van der Waals surface area (Å²) in [7, 11) is 0. The van der Waals surface area contributed by atoms with Crippen molar-refractivity contribution in [3.63, 3.8) is 0 Å². The van der Waals surface area contributed by atoms with E-state index in [0.29, 0.717) is 12.8 Å². The molecule has 0 fully saturated rings. The Kier molecular flexibility index (Phi) is 15.1. The summed E-state index contributed by atoms with van der Waals surface area (Å²) >= 11 is 5.87. The fourth-order valence-electron chi connectivity index (χ4n) is 3.79. The van der Waals surface area contributed by atoms with Crippen molar-refractivity contribution < 1.29 is 51.0 Å². The summed E-state index contributed by atoms with van der Waals surface area (Å²) in [4.78, 5) is 14.9. The Balaban J connectivity index is 0.00000291. The van der Waals surface area contributed by atoms with Crippen LogP contribution in [0.2, 0.25) is 0 Å². The van der Waals surface area contributed by atoms with E-state index in [0.717, 1.165) is 27.0 Å². The number of halogens is 2. The molecule has 0 amide bonds. The predicted octanol–water partition coefficient (Wildman–Crippen LogP) is 8.59. The second-order valence-corrected chi connectivity index (χ2v) is 12.6. The molecule has 0 saturated carbocycles. The Bertz CT molecular complexity index is 957. The van der Waals surface area contributed by atoms with Crippen LogP contribution in [0.3, 0.4) is 0 Å². The summed E-state index contributed by atoms with van der Waals surface area (Å²) in [6, 6.07) is 11.0. The standard InChI is InChI=1S/C27H35F2O2S.C2H6S.Y/c1-18(2)27(8,24(30)31-25(3,4)5)17-26(6,7)16-19-15-21(29)11-14-23(19)32-22-12-9-20(28)10-13-22;1-2-3;/h9-15H,16-17H2,1-8H3;3H,2H2,1H3;/q-1;;/p-1. The van der Waals surface area contributed by atoms with E-state index < -0.39 is 11.0 Å². The number of rotatable bonds is 8. The molecule has 7 heteroatoms. The van der Waals surface area contributed by atoms with Gasteiger partial charge in [0.2, 0.25) is 0 Å². The van der Waals surface area contributed by atoms with E-state index in [4.69, 9.17) is 4.74 Å². The molecule has 2 nitrogen and oxygen atoms in total. The minimum Gasteiger partial charge on any atom is -0.793 e. The molecule has 0 bridgehead atoms. The van der Waals surface area contributed by atoms with Gasteiger partial charge in [0, 0.05) is 42.5 Å². The average Bonchev–Trinajstić information content (AvgIpc) is 2.70. The first-order chi connectivity index (χ1) is 16.0. The molecule has 0 aliphatic rings. The van der Waals surface area contributed by atoms with Gasteiger partial charge < -0.3 is 23.3 Å². The number of hydrogen-bond acceptors (Lipinski definition) is 4. The van der Waals surface area contributed by atoms with Crippen molar-refractivity contribution in [3.8, 4) is 0 Å². The van der Waals surface area contributed by atoms with Gasteiger partial charge in [-0.3, -0.25) is 4.79 Å². The van der Waals surface area contributed by atoms with E-state index in [2.05, 4.69) is 26.5 Å². The van der Waals surface area contributed by atoms with Crippen LogP contribution in [0.1, 0.15) is 74.3 Å². The van der Waals surface area contributed by atoms with Crippen LogP contribution in [0.25, 0.3) is 0 Å². The van der Waals surface area contributed by atoms with Crippen molar-refractivity contribution in [2.75, 3.05) is 5.75 Å². The van der Waals surface area contributed by atoms with Crippen LogP contribution >= 0.6 is 11.8 Å². The number of carbonyl (C=O) groups is 1. The van der Waals surface area contributed by atoms with Gasteiger partial charge in [-0.25, -0.2) is 8.78 Å². The molecule has 36 heavy (non-hydrogen) atoms. The van der Waals surface area contributed by atoms with E-state index >= 15 is 0 Å². The summed E-state index contributed by atoms with van der Waals surface area (Å²) < 4.78 is 33.2. The van der Waals surface area contributed by atoms with Crippen LogP contribution in [0, 0.1) is 28.4 Å². The Morgan fingerprint density at radius 3 is 1.94 bits per heavy atom. The Hall–Kier alpha value is -0.426. The molecule has 2 rings (SSSR count). The van der Waals surface area contributed by atoms with E-state index in [-0.39, 0.29) is 55.7 Å². The summed E-state index contributed by atoms with van der Waals surface area (Å²) in [5.41, 5.74) is -0.771. The third-order valence-electron chi connectivity index (χ3n) is 5.52. The Morgan fingerprint density at radius 2 is 1.47 bits per heavy atom. The minimum atomic E-state index is -0.756. The largest absolute Gasteiger partial charge is 0.793 e. The molecule has 0 spiro atoms. The van der Waals surface area contributed by atoms with Gasteiger partial charge >= 0.3 is 0 Å². The normalized spacial score (nSPS) is 13.2. The zero-order valence-corrected chi connectivity index (χ0v) is 27.6. The molecule has 199 valence electrons. The Morgan fingerprint density at radius 1 is 0.972 bits per heavy atom. The number of benzene rings is 2. The van der Waals surface area contributed by atoms with Crippen LogP contribution in [0.15, 0.2) is 52.3 Å². The third-order valence-corrected chi connectivity index (χ3v) is 6.64. The molecule has 0 aromatic heterocycles. The van der Waals surface area contributed by atoms with E-state index in [1.54, 1.807) is 24.3 Å². The number of ether oxygens (including phenoxy) is 1. The number of carbonyl (C=O) groups excluding carboxylic acids is 1. The molecule has 0 saturated heterocycles. The molecule has 1 radical (unpaired) electrons. The van der Waals surface area contributed by atoms with Gasteiger partial charge in [0.05, 0.1) is 0 Å². The molecule has 2 aromatic rings. The zero-order valence-electron chi connectivity index (χ0n) is 23.1. The minimum absolute atomic E-state index is 0. The maximum Gasteiger partial charge on any atom is 0.282 e. The summed E-state index contributed by atoms with van der Waals surface area (Å²) in [5, 5.41) is 0. The van der Waals surface area contributed by atoms with Gasteiger partial charge in [-0.05, 0) is 80.6 Å². The van der Waals surface area contributed by atoms with Crippen molar-refractivity contribution in [2.24, 2.45) is 10.8 Å². The second kappa shape index (κ2) is 15.2. The molecule has 2 aromatic carbocycles. The molecular weight excluding hydrogens is 571 g/mol. The molecule has 1 unspecified atom stereocenters. The smallest absolute Gasteiger partial charge is 0.282 e. The average molecular weight is 612 g/mol. The number of hydrogen-bond donors (Lipinski definition) is 0. The van der Waals surface area contributed by atoms with Gasteiger partial charge in [0.1, 0.15) is 17.2 Å². The van der Waals surface area contributed by atoms with Crippen LogP contribution in [-0.2, 0) is 61.3 Å². The first kappa shape index (κ1) is 35.6. The van der Waals surface area contributed by atoms with Crippen LogP contribution in [-0.4, -0.2) is 17.3 Å². The van der Waals surface area contributed by atoms with Crippen molar-refractivity contribution in [3.05, 3.63) is 65.6 Å². The number of esters is 1. The van der Waals surface area contributed by atoms with Gasteiger partial charge in [-0.2, -0.15) is 19.6 Å². The van der Waals surface area contributed by atoms with Gasteiger partial charge in [0.15, 0.2) is 0 Å². The van der Waals surface area contributed by atoms with Crippen molar-refractivity contribution in [1.29, 1.82) is 0 Å². The van der Waals surface area contributed by atoms with Crippen LogP contribution < -0.4 is 0 Å². The fourth-order valence-corrected chi connectivity index (χ4v) is 4.72. The zero-order chi connectivity index (χ0) is 27.0. The molecule has 0 heterocycles. The van der Waals surface area contributed by atoms with Gasteiger partial charge in [0.25, 0.3) is 5.97 Å². The fraction of sp³-hybridized carbons (Fsp3) is 0.517. The van der Waals surface area contributed by atoms with Crippen molar-refractivity contribution in [1.82, 2.24) is 0 Å². The summed E-state index contributed by atoms with van der Waals surface area (Å²) in [5.74, 6) is 0.994. The SMILES string of the molecule is CC[S-].C[C-](C)C(C)(CC(C)(C)Cc1cc(F)ccc1Sc1ccc(F)cc1)C(=O)OC(C)(C)C.[Y]. The summed E-state index contributed by atoms with van der Waals surface area (Å²) in [6.07, 6.45) is 1.15. The second-order valence-electron chi connectivity index (χ2n) is 10.9. The van der Waals surface area contributed by atoms with Gasteiger partial charge in [-0.15, -0.1) is 0 Å². The van der Waals surface area contributed by atoms with Gasteiger partial charge in [-0.1, -0.05) is 51.3 Å². The Labute approximate surface area is 252 Å². The predicted molar refractivity (Wildman–Crippen MR) is 145 cm³/mol. The topological polar surface area (TPSA) is 26.3 Å². The van der Waals surface area contributed by atoms with Crippen LogP contribution in [0.4, 0.5) is 8.78 Å².